The Hall–Kier alpha value is -3.10. The molecule has 0 spiro atoms. The zero-order valence-corrected chi connectivity index (χ0v) is 17.5. The number of carbonyl (C=O) groups is 1. The van der Waals surface area contributed by atoms with Crippen molar-refractivity contribution < 1.29 is 9.72 Å². The van der Waals surface area contributed by atoms with Crippen LogP contribution in [0.1, 0.15) is 33.6 Å². The predicted molar refractivity (Wildman–Crippen MR) is 121 cm³/mol. The van der Waals surface area contributed by atoms with Gasteiger partial charge in [0.2, 0.25) is 0 Å². The highest BCUT2D eigenvalue weighted by Gasteiger charge is 2.16. The van der Waals surface area contributed by atoms with Gasteiger partial charge in [-0.3, -0.25) is 20.2 Å². The van der Waals surface area contributed by atoms with Gasteiger partial charge in [-0.15, -0.1) is 22.7 Å². The minimum Gasteiger partial charge on any atom is -0.297 e. The number of hydrogen-bond acceptors (Lipinski definition) is 6. The Kier molecular flexibility index (Phi) is 4.80. The van der Waals surface area contributed by atoms with Gasteiger partial charge >= 0.3 is 0 Å². The fourth-order valence-corrected chi connectivity index (χ4v) is 5.42. The summed E-state index contributed by atoms with van der Waals surface area (Å²) >= 11 is 2.70. The largest absolute Gasteiger partial charge is 0.297 e. The van der Waals surface area contributed by atoms with Crippen LogP contribution in [0.3, 0.4) is 0 Å². The number of rotatable bonds is 4. The first-order chi connectivity index (χ1) is 14.6. The second-order valence-electron chi connectivity index (χ2n) is 7.27. The molecule has 0 atom stereocenters. The normalized spacial score (nSPS) is 13.2. The summed E-state index contributed by atoms with van der Waals surface area (Å²) in [4.78, 5) is 28.3. The summed E-state index contributed by atoms with van der Waals surface area (Å²) in [6.45, 7) is 0. The number of thiazole rings is 1. The highest BCUT2D eigenvalue weighted by Crippen LogP contribution is 2.32. The fraction of sp³-hybridized carbons (Fsp3) is 0.182. The number of nitrogens with one attached hydrogen (secondary N) is 1. The minimum absolute atomic E-state index is 0.0156. The minimum atomic E-state index is -0.436. The molecule has 4 aromatic rings. The van der Waals surface area contributed by atoms with Gasteiger partial charge in [0.1, 0.15) is 0 Å². The van der Waals surface area contributed by atoms with Crippen LogP contribution in [0.2, 0.25) is 0 Å². The lowest BCUT2D eigenvalue weighted by atomic mass is 9.90. The number of nitro benzene ring substituents is 1. The van der Waals surface area contributed by atoms with E-state index in [1.165, 1.54) is 58.8 Å². The molecule has 6 nitrogen and oxygen atoms in total. The average molecular weight is 436 g/mol. The number of aromatic nitrogens is 1. The number of benzene rings is 2. The standard InChI is InChI=1S/C22H17N3O3S2/c26-21(20-11-16-10-17(25(27)28)7-8-19(16)30-20)24-22-23-18(12-29-22)15-6-5-13-3-1-2-4-14(13)9-15/h5-12H,1-4H2,(H,23,24,26). The SMILES string of the molecule is O=C(Nc1nc(-c2ccc3c(c2)CCCC3)cs1)c1cc2cc([N+](=O)[O-])ccc2s1. The lowest BCUT2D eigenvalue weighted by Crippen LogP contribution is -2.09. The van der Waals surface area contributed by atoms with Gasteiger partial charge in [-0.05, 0) is 55.0 Å². The van der Waals surface area contributed by atoms with Crippen molar-refractivity contribution in [2.24, 2.45) is 0 Å². The van der Waals surface area contributed by atoms with E-state index >= 15 is 0 Å². The van der Waals surface area contributed by atoms with Crippen LogP contribution in [-0.4, -0.2) is 15.8 Å². The highest BCUT2D eigenvalue weighted by atomic mass is 32.1. The molecular formula is C22H17N3O3S2. The van der Waals surface area contributed by atoms with Gasteiger partial charge < -0.3 is 0 Å². The van der Waals surface area contributed by atoms with Gasteiger partial charge in [0.15, 0.2) is 5.13 Å². The van der Waals surface area contributed by atoms with Crippen LogP contribution < -0.4 is 5.32 Å². The third-order valence-electron chi connectivity index (χ3n) is 5.30. The third-order valence-corrected chi connectivity index (χ3v) is 7.18. The molecule has 1 amide bonds. The number of carbonyl (C=O) groups excluding carboxylic acids is 1. The quantitative estimate of drug-likeness (QED) is 0.312. The number of fused-ring (bicyclic) bond motifs is 2. The Morgan fingerprint density at radius 2 is 1.90 bits per heavy atom. The molecule has 0 saturated carbocycles. The number of thiophene rings is 1. The van der Waals surface area contributed by atoms with E-state index in [1.54, 1.807) is 12.1 Å². The van der Waals surface area contributed by atoms with Gasteiger partial charge in [0.05, 0.1) is 15.5 Å². The summed E-state index contributed by atoms with van der Waals surface area (Å²) < 4.78 is 0.833. The molecule has 0 aliphatic heterocycles. The first-order valence-electron chi connectivity index (χ1n) is 9.64. The van der Waals surface area contributed by atoms with E-state index in [0.29, 0.717) is 15.4 Å². The van der Waals surface area contributed by atoms with Crippen LogP contribution >= 0.6 is 22.7 Å². The molecule has 5 rings (SSSR count). The van der Waals surface area contributed by atoms with Gasteiger partial charge in [-0.25, -0.2) is 4.98 Å². The molecule has 0 radical (unpaired) electrons. The Labute approximate surface area is 180 Å². The molecule has 1 N–H and O–H groups in total. The molecule has 1 aliphatic carbocycles. The molecule has 150 valence electrons. The van der Waals surface area contributed by atoms with Crippen LogP contribution in [-0.2, 0) is 12.8 Å². The highest BCUT2D eigenvalue weighted by molar-refractivity contribution is 7.21. The van der Waals surface area contributed by atoms with Crippen molar-refractivity contribution in [1.29, 1.82) is 0 Å². The van der Waals surface area contributed by atoms with Crippen molar-refractivity contribution >= 4 is 49.5 Å². The second-order valence-corrected chi connectivity index (χ2v) is 9.21. The lowest BCUT2D eigenvalue weighted by molar-refractivity contribution is -0.384. The summed E-state index contributed by atoms with van der Waals surface area (Å²) in [5, 5.41) is 17.0. The molecule has 8 heteroatoms. The summed E-state index contributed by atoms with van der Waals surface area (Å²) in [7, 11) is 0. The number of hydrogen-bond donors (Lipinski definition) is 1. The molecule has 1 aliphatic rings. The zero-order chi connectivity index (χ0) is 20.7. The number of amides is 1. The molecule has 0 saturated heterocycles. The van der Waals surface area contributed by atoms with Crippen molar-refractivity contribution in [2.45, 2.75) is 25.7 Å². The first-order valence-corrected chi connectivity index (χ1v) is 11.3. The number of nitro groups is 1. The molecule has 30 heavy (non-hydrogen) atoms. The van der Waals surface area contributed by atoms with E-state index in [4.69, 9.17) is 0 Å². The second kappa shape index (κ2) is 7.62. The third kappa shape index (κ3) is 3.59. The zero-order valence-electron chi connectivity index (χ0n) is 15.9. The average Bonchev–Trinajstić information content (AvgIpc) is 3.39. The predicted octanol–water partition coefficient (Wildman–Crippen LogP) is 6.06. The van der Waals surface area contributed by atoms with Crippen LogP contribution in [0.15, 0.2) is 47.8 Å². The van der Waals surface area contributed by atoms with E-state index in [0.717, 1.165) is 28.8 Å². The van der Waals surface area contributed by atoms with Crippen molar-refractivity contribution in [3.8, 4) is 11.3 Å². The van der Waals surface area contributed by atoms with Gasteiger partial charge in [0.25, 0.3) is 11.6 Å². The summed E-state index contributed by atoms with van der Waals surface area (Å²) in [5.41, 5.74) is 4.77. The van der Waals surface area contributed by atoms with Crippen LogP contribution in [0.5, 0.6) is 0 Å². The number of non-ortho nitro benzene ring substituents is 1. The Morgan fingerprint density at radius 1 is 1.07 bits per heavy atom. The summed E-state index contributed by atoms with van der Waals surface area (Å²) in [6, 6.07) is 12.8. The number of aryl methyl sites for hydroxylation is 2. The van der Waals surface area contributed by atoms with Crippen molar-refractivity contribution in [3.63, 3.8) is 0 Å². The monoisotopic (exact) mass is 435 g/mol. The van der Waals surface area contributed by atoms with E-state index in [-0.39, 0.29) is 11.6 Å². The molecule has 2 aromatic carbocycles. The van der Waals surface area contributed by atoms with Crippen molar-refractivity contribution in [3.05, 3.63) is 74.0 Å². The van der Waals surface area contributed by atoms with Crippen LogP contribution in [0.25, 0.3) is 21.3 Å². The van der Waals surface area contributed by atoms with Crippen LogP contribution in [0.4, 0.5) is 10.8 Å². The lowest BCUT2D eigenvalue weighted by Gasteiger charge is -2.16. The van der Waals surface area contributed by atoms with E-state index in [2.05, 4.69) is 28.5 Å². The van der Waals surface area contributed by atoms with E-state index in [9.17, 15) is 14.9 Å². The number of nitrogens with zero attached hydrogens (tertiary/aromatic N) is 2. The van der Waals surface area contributed by atoms with Crippen LogP contribution in [0, 0.1) is 10.1 Å². The van der Waals surface area contributed by atoms with Gasteiger partial charge in [-0.1, -0.05) is 12.1 Å². The van der Waals surface area contributed by atoms with Gasteiger partial charge in [-0.2, -0.15) is 0 Å². The van der Waals surface area contributed by atoms with Gasteiger partial charge in [0, 0.05) is 33.2 Å². The van der Waals surface area contributed by atoms with Crippen molar-refractivity contribution in [2.75, 3.05) is 5.32 Å². The fourth-order valence-electron chi connectivity index (χ4n) is 3.77. The maximum absolute atomic E-state index is 12.7. The molecular weight excluding hydrogens is 418 g/mol. The molecule has 0 fully saturated rings. The maximum Gasteiger partial charge on any atom is 0.270 e. The molecule has 2 heterocycles. The Bertz CT molecular complexity index is 1290. The Balaban J connectivity index is 1.35. The maximum atomic E-state index is 12.7. The molecule has 0 bridgehead atoms. The summed E-state index contributed by atoms with van der Waals surface area (Å²) in [5.74, 6) is -0.259. The topological polar surface area (TPSA) is 85.1 Å². The number of anilines is 1. The van der Waals surface area contributed by atoms with Crippen molar-refractivity contribution in [1.82, 2.24) is 4.98 Å². The molecule has 0 unspecified atom stereocenters. The molecule has 2 aromatic heterocycles. The smallest absolute Gasteiger partial charge is 0.270 e. The van der Waals surface area contributed by atoms with E-state index < -0.39 is 4.92 Å². The first kappa shape index (κ1) is 18.9. The summed E-state index contributed by atoms with van der Waals surface area (Å²) in [6.07, 6.45) is 4.74. The Morgan fingerprint density at radius 3 is 2.73 bits per heavy atom. The van der Waals surface area contributed by atoms with E-state index in [1.807, 2.05) is 5.38 Å².